The lowest BCUT2D eigenvalue weighted by Gasteiger charge is -1.98. The van der Waals surface area contributed by atoms with Gasteiger partial charge in [0.15, 0.2) is 0 Å². The molecule has 0 aliphatic carbocycles. The third-order valence-electron chi connectivity index (χ3n) is 0.777. The van der Waals surface area contributed by atoms with E-state index >= 15 is 0 Å². The lowest BCUT2D eigenvalue weighted by molar-refractivity contribution is 0.637. The van der Waals surface area contributed by atoms with Gasteiger partial charge in [-0.1, -0.05) is 20.4 Å². The van der Waals surface area contributed by atoms with Crippen LogP contribution in [0.5, 0.6) is 0 Å². The SMILES string of the molecule is C=C(/C=C(\C)F)NCC.CC. The van der Waals surface area contributed by atoms with E-state index in [1.807, 2.05) is 20.8 Å². The summed E-state index contributed by atoms with van der Waals surface area (Å²) in [5.41, 5.74) is 0.623. The molecule has 66 valence electrons. The van der Waals surface area contributed by atoms with Crippen molar-refractivity contribution >= 4 is 0 Å². The van der Waals surface area contributed by atoms with Crippen LogP contribution in [0.3, 0.4) is 0 Å². The van der Waals surface area contributed by atoms with Crippen molar-refractivity contribution in [2.24, 2.45) is 0 Å². The lowest BCUT2D eigenvalue weighted by Crippen LogP contribution is -2.08. The highest BCUT2D eigenvalue weighted by atomic mass is 19.1. The molecule has 1 N–H and O–H groups in total. The summed E-state index contributed by atoms with van der Waals surface area (Å²) in [6, 6.07) is 0. The molecule has 1 nitrogen and oxygen atoms in total. The minimum Gasteiger partial charge on any atom is -0.386 e. The van der Waals surface area contributed by atoms with Crippen LogP contribution in [0.2, 0.25) is 0 Å². The Morgan fingerprint density at radius 3 is 2.27 bits per heavy atom. The molecule has 0 aromatic heterocycles. The minimum atomic E-state index is -0.221. The maximum absolute atomic E-state index is 12.0. The first-order chi connectivity index (χ1) is 5.16. The molecule has 2 heteroatoms. The monoisotopic (exact) mass is 159 g/mol. The minimum absolute atomic E-state index is 0.221. The van der Waals surface area contributed by atoms with E-state index in [4.69, 9.17) is 0 Å². The van der Waals surface area contributed by atoms with Gasteiger partial charge in [0.2, 0.25) is 0 Å². The van der Waals surface area contributed by atoms with Gasteiger partial charge in [-0.25, -0.2) is 4.39 Å². The highest BCUT2D eigenvalue weighted by Gasteiger charge is 1.85. The Morgan fingerprint density at radius 2 is 2.00 bits per heavy atom. The largest absolute Gasteiger partial charge is 0.386 e. The van der Waals surface area contributed by atoms with E-state index in [2.05, 4.69) is 11.9 Å². The van der Waals surface area contributed by atoms with Gasteiger partial charge < -0.3 is 5.32 Å². The summed E-state index contributed by atoms with van der Waals surface area (Å²) >= 11 is 0. The van der Waals surface area contributed by atoms with Crippen LogP contribution in [0.25, 0.3) is 0 Å². The summed E-state index contributed by atoms with van der Waals surface area (Å²) in [6.07, 6.45) is 1.36. The maximum Gasteiger partial charge on any atom is 0.0989 e. The summed E-state index contributed by atoms with van der Waals surface area (Å²) in [6.45, 7) is 11.7. The fraction of sp³-hybridized carbons (Fsp3) is 0.556. The molecule has 0 bridgehead atoms. The van der Waals surface area contributed by atoms with Crippen LogP contribution in [0, 0.1) is 0 Å². The van der Waals surface area contributed by atoms with Crippen molar-refractivity contribution in [1.29, 1.82) is 0 Å². The number of rotatable bonds is 3. The summed E-state index contributed by atoms with van der Waals surface area (Å²) in [7, 11) is 0. The molecule has 0 spiro atoms. The standard InChI is InChI=1S/C7H12FN.C2H6/c1-4-9-7(3)5-6(2)8;1-2/h5,9H,3-4H2,1-2H3;1-2H3/b6-5+;. The Kier molecular flexibility index (Phi) is 10.8. The number of likely N-dealkylation sites (N-methyl/N-ethyl adjacent to an activating group) is 1. The molecule has 0 rings (SSSR count). The summed E-state index contributed by atoms with van der Waals surface area (Å²) in [5, 5.41) is 2.87. The number of hydrogen-bond acceptors (Lipinski definition) is 1. The second-order valence-corrected chi connectivity index (χ2v) is 1.79. The smallest absolute Gasteiger partial charge is 0.0989 e. The Bertz CT molecular complexity index is 124. The van der Waals surface area contributed by atoms with Gasteiger partial charge in [-0.3, -0.25) is 0 Å². The van der Waals surface area contributed by atoms with Crippen molar-refractivity contribution in [2.75, 3.05) is 6.54 Å². The van der Waals surface area contributed by atoms with Crippen molar-refractivity contribution in [3.63, 3.8) is 0 Å². The van der Waals surface area contributed by atoms with Crippen molar-refractivity contribution in [3.05, 3.63) is 24.2 Å². The van der Waals surface area contributed by atoms with Crippen LogP contribution < -0.4 is 5.32 Å². The fourth-order valence-electron chi connectivity index (χ4n) is 0.518. The van der Waals surface area contributed by atoms with E-state index in [-0.39, 0.29) is 5.83 Å². The lowest BCUT2D eigenvalue weighted by atomic mass is 10.4. The average Bonchev–Trinajstić information content (AvgIpc) is 1.91. The molecule has 0 unspecified atom stereocenters. The molecule has 11 heavy (non-hydrogen) atoms. The summed E-state index contributed by atoms with van der Waals surface area (Å²) in [4.78, 5) is 0. The Labute approximate surface area is 69.0 Å². The van der Waals surface area contributed by atoms with Crippen LogP contribution in [-0.4, -0.2) is 6.54 Å². The van der Waals surface area contributed by atoms with E-state index in [0.29, 0.717) is 5.70 Å². The normalized spacial score (nSPS) is 9.73. The average molecular weight is 159 g/mol. The van der Waals surface area contributed by atoms with E-state index in [1.165, 1.54) is 13.0 Å². The quantitative estimate of drug-likeness (QED) is 0.624. The molecular weight excluding hydrogens is 141 g/mol. The Balaban J connectivity index is 0. The molecule has 0 saturated heterocycles. The first kappa shape index (κ1) is 12.8. The van der Waals surface area contributed by atoms with Crippen LogP contribution in [0.15, 0.2) is 24.2 Å². The third-order valence-corrected chi connectivity index (χ3v) is 0.777. The first-order valence-electron chi connectivity index (χ1n) is 3.93. The number of allylic oxidation sites excluding steroid dienone is 2. The molecule has 0 fully saturated rings. The van der Waals surface area contributed by atoms with Crippen molar-refractivity contribution in [2.45, 2.75) is 27.7 Å². The molecule has 0 amide bonds. The van der Waals surface area contributed by atoms with Crippen LogP contribution in [0.4, 0.5) is 4.39 Å². The second kappa shape index (κ2) is 9.21. The summed E-state index contributed by atoms with van der Waals surface area (Å²) < 4.78 is 12.0. The molecule has 0 heterocycles. The van der Waals surface area contributed by atoms with Gasteiger partial charge in [0.1, 0.15) is 0 Å². The highest BCUT2D eigenvalue weighted by Crippen LogP contribution is 1.96. The van der Waals surface area contributed by atoms with Crippen molar-refractivity contribution < 1.29 is 4.39 Å². The molecule has 0 radical (unpaired) electrons. The number of halogens is 1. The maximum atomic E-state index is 12.0. The van der Waals surface area contributed by atoms with Gasteiger partial charge in [0, 0.05) is 12.2 Å². The zero-order chi connectivity index (χ0) is 9.28. The zero-order valence-electron chi connectivity index (χ0n) is 7.87. The molecular formula is C9H18FN. The predicted molar refractivity (Wildman–Crippen MR) is 49.0 cm³/mol. The number of nitrogens with one attached hydrogen (secondary N) is 1. The fourth-order valence-corrected chi connectivity index (χ4v) is 0.518. The van der Waals surface area contributed by atoms with Gasteiger partial charge in [0.25, 0.3) is 0 Å². The summed E-state index contributed by atoms with van der Waals surface area (Å²) in [5.74, 6) is -0.221. The molecule has 0 saturated carbocycles. The topological polar surface area (TPSA) is 12.0 Å². The van der Waals surface area contributed by atoms with Crippen LogP contribution in [-0.2, 0) is 0 Å². The Hall–Kier alpha value is -0.790. The zero-order valence-corrected chi connectivity index (χ0v) is 7.87. The highest BCUT2D eigenvalue weighted by molar-refractivity contribution is 5.13. The molecule has 0 aliphatic rings. The van der Waals surface area contributed by atoms with Crippen LogP contribution in [0.1, 0.15) is 27.7 Å². The molecule has 0 aromatic rings. The second-order valence-electron chi connectivity index (χ2n) is 1.79. The van der Waals surface area contributed by atoms with Gasteiger partial charge in [-0.2, -0.15) is 0 Å². The Morgan fingerprint density at radius 1 is 1.55 bits per heavy atom. The van der Waals surface area contributed by atoms with E-state index in [9.17, 15) is 4.39 Å². The van der Waals surface area contributed by atoms with E-state index < -0.39 is 0 Å². The predicted octanol–water partition coefficient (Wildman–Crippen LogP) is 3.01. The van der Waals surface area contributed by atoms with Gasteiger partial charge in [0.05, 0.1) is 5.83 Å². The first-order valence-corrected chi connectivity index (χ1v) is 3.93. The van der Waals surface area contributed by atoms with Crippen molar-refractivity contribution in [3.8, 4) is 0 Å². The molecule has 0 aliphatic heterocycles. The van der Waals surface area contributed by atoms with Gasteiger partial charge in [-0.05, 0) is 19.9 Å². The third kappa shape index (κ3) is 12.4. The molecule has 0 atom stereocenters. The van der Waals surface area contributed by atoms with Crippen LogP contribution >= 0.6 is 0 Å². The van der Waals surface area contributed by atoms with E-state index in [1.54, 1.807) is 0 Å². The van der Waals surface area contributed by atoms with Gasteiger partial charge >= 0.3 is 0 Å². The van der Waals surface area contributed by atoms with Gasteiger partial charge in [-0.15, -0.1) is 0 Å². The number of hydrogen-bond donors (Lipinski definition) is 1. The van der Waals surface area contributed by atoms with E-state index in [0.717, 1.165) is 6.54 Å². The molecule has 0 aromatic carbocycles. The van der Waals surface area contributed by atoms with Crippen molar-refractivity contribution in [1.82, 2.24) is 5.32 Å².